The molecule has 1 aromatic rings. The van der Waals surface area contributed by atoms with Crippen LogP contribution in [0.2, 0.25) is 5.02 Å². The maximum absolute atomic E-state index is 8.70. The van der Waals surface area contributed by atoms with E-state index in [0.717, 1.165) is 18.6 Å². The number of nitriles is 1. The third-order valence-corrected chi connectivity index (χ3v) is 2.90. The Balaban J connectivity index is 1.96. The highest BCUT2D eigenvalue weighted by atomic mass is 35.5. The van der Waals surface area contributed by atoms with Crippen molar-refractivity contribution in [2.24, 2.45) is 0 Å². The summed E-state index contributed by atoms with van der Waals surface area (Å²) in [5.41, 5.74) is 1.48. The third kappa shape index (κ3) is 2.73. The van der Waals surface area contributed by atoms with E-state index in [2.05, 4.69) is 0 Å². The molecule has 2 rings (SSSR count). The third-order valence-electron chi connectivity index (χ3n) is 2.54. The van der Waals surface area contributed by atoms with E-state index in [-0.39, 0.29) is 6.10 Å². The topological polar surface area (TPSA) is 42.2 Å². The number of hydrogen-bond acceptors (Lipinski definition) is 3. The van der Waals surface area contributed by atoms with E-state index in [9.17, 15) is 0 Å². The highest BCUT2D eigenvalue weighted by molar-refractivity contribution is 6.31. The minimum absolute atomic E-state index is 0.173. The van der Waals surface area contributed by atoms with Crippen molar-refractivity contribution >= 4 is 11.6 Å². The summed E-state index contributed by atoms with van der Waals surface area (Å²) in [4.78, 5) is 0. The van der Waals surface area contributed by atoms with E-state index in [1.54, 1.807) is 12.1 Å². The molecule has 0 aliphatic carbocycles. The first-order valence-corrected chi connectivity index (χ1v) is 5.55. The van der Waals surface area contributed by atoms with Crippen molar-refractivity contribution in [2.75, 3.05) is 13.2 Å². The van der Waals surface area contributed by atoms with Gasteiger partial charge in [0.1, 0.15) is 0 Å². The van der Waals surface area contributed by atoms with Gasteiger partial charge >= 0.3 is 0 Å². The first-order chi connectivity index (χ1) is 7.79. The number of rotatable bonds is 3. The molecule has 0 radical (unpaired) electrons. The van der Waals surface area contributed by atoms with Crippen molar-refractivity contribution in [3.63, 3.8) is 0 Å². The average molecular weight is 238 g/mol. The zero-order chi connectivity index (χ0) is 11.4. The van der Waals surface area contributed by atoms with Crippen LogP contribution in [0.1, 0.15) is 17.5 Å². The Morgan fingerprint density at radius 1 is 1.56 bits per heavy atom. The molecule has 4 heteroatoms. The molecule has 3 nitrogen and oxygen atoms in total. The fraction of sp³-hybridized carbons (Fsp3) is 0.417. The fourth-order valence-corrected chi connectivity index (χ4v) is 1.82. The Morgan fingerprint density at radius 3 is 3.06 bits per heavy atom. The summed E-state index contributed by atoms with van der Waals surface area (Å²) in [5, 5.41) is 9.28. The second-order valence-electron chi connectivity index (χ2n) is 3.71. The molecule has 1 heterocycles. The summed E-state index contributed by atoms with van der Waals surface area (Å²) in [5.74, 6) is 0. The molecule has 1 aliphatic rings. The maximum atomic E-state index is 8.70. The van der Waals surface area contributed by atoms with Crippen LogP contribution in [-0.4, -0.2) is 19.3 Å². The van der Waals surface area contributed by atoms with E-state index in [1.807, 2.05) is 12.1 Å². The van der Waals surface area contributed by atoms with Gasteiger partial charge in [0.15, 0.2) is 0 Å². The van der Waals surface area contributed by atoms with Gasteiger partial charge in [-0.15, -0.1) is 0 Å². The van der Waals surface area contributed by atoms with Crippen molar-refractivity contribution in [1.29, 1.82) is 5.26 Å². The Bertz CT molecular complexity index is 408. The van der Waals surface area contributed by atoms with E-state index in [0.29, 0.717) is 23.8 Å². The minimum atomic E-state index is 0.173. The lowest BCUT2D eigenvalue weighted by Gasteiger charge is -2.10. The smallest absolute Gasteiger partial charge is 0.0992 e. The van der Waals surface area contributed by atoms with Gasteiger partial charge in [-0.25, -0.2) is 0 Å². The Labute approximate surface area is 99.5 Å². The lowest BCUT2D eigenvalue weighted by Crippen LogP contribution is -2.12. The van der Waals surface area contributed by atoms with Crippen LogP contribution in [0.5, 0.6) is 0 Å². The molecule has 1 fully saturated rings. The molecule has 0 aromatic heterocycles. The lowest BCUT2D eigenvalue weighted by molar-refractivity contribution is 0.0318. The van der Waals surface area contributed by atoms with Gasteiger partial charge in [0.05, 0.1) is 31.0 Å². The van der Waals surface area contributed by atoms with Crippen LogP contribution >= 0.6 is 11.6 Å². The molecular formula is C12H12ClNO2. The predicted molar refractivity (Wildman–Crippen MR) is 60.2 cm³/mol. The van der Waals surface area contributed by atoms with E-state index in [1.165, 1.54) is 0 Å². The van der Waals surface area contributed by atoms with Crippen LogP contribution in [0.3, 0.4) is 0 Å². The number of benzene rings is 1. The van der Waals surface area contributed by atoms with Gasteiger partial charge in [-0.3, -0.25) is 0 Å². The molecule has 0 saturated carbocycles. The van der Waals surface area contributed by atoms with Crippen molar-refractivity contribution in [1.82, 2.24) is 0 Å². The minimum Gasteiger partial charge on any atom is -0.379 e. The van der Waals surface area contributed by atoms with Gasteiger partial charge in [0, 0.05) is 11.6 Å². The molecule has 0 amide bonds. The Hall–Kier alpha value is -1.08. The Morgan fingerprint density at radius 2 is 2.44 bits per heavy atom. The van der Waals surface area contributed by atoms with Gasteiger partial charge in [-0.2, -0.15) is 5.26 Å². The van der Waals surface area contributed by atoms with Gasteiger partial charge in [-0.1, -0.05) is 17.7 Å². The first kappa shape index (κ1) is 11.4. The molecule has 1 atom stereocenters. The van der Waals surface area contributed by atoms with Crippen molar-refractivity contribution in [2.45, 2.75) is 19.1 Å². The normalized spacial score (nSPS) is 19.6. The average Bonchev–Trinajstić information content (AvgIpc) is 2.80. The van der Waals surface area contributed by atoms with Crippen molar-refractivity contribution < 1.29 is 9.47 Å². The second kappa shape index (κ2) is 5.31. The molecule has 0 N–H and O–H groups in total. The predicted octanol–water partition coefficient (Wildman–Crippen LogP) is 2.52. The zero-order valence-electron chi connectivity index (χ0n) is 8.78. The molecular weight excluding hydrogens is 226 g/mol. The van der Waals surface area contributed by atoms with Crippen LogP contribution in [-0.2, 0) is 16.1 Å². The van der Waals surface area contributed by atoms with Crippen LogP contribution in [0.25, 0.3) is 0 Å². The molecule has 1 aliphatic heterocycles. The molecule has 1 aromatic carbocycles. The van der Waals surface area contributed by atoms with Gasteiger partial charge in [0.25, 0.3) is 0 Å². The van der Waals surface area contributed by atoms with E-state index < -0.39 is 0 Å². The lowest BCUT2D eigenvalue weighted by atomic mass is 10.1. The number of hydrogen-bond donors (Lipinski definition) is 0. The summed E-state index contributed by atoms with van der Waals surface area (Å²) >= 11 is 6.03. The SMILES string of the molecule is N#Cc1ccc(COC2CCOC2)c(Cl)c1. The standard InChI is InChI=1S/C12H12ClNO2/c13-12-5-9(6-14)1-2-10(12)7-16-11-3-4-15-8-11/h1-2,5,11H,3-4,7-8H2. The summed E-state index contributed by atoms with van der Waals surface area (Å²) in [6.45, 7) is 1.90. The quantitative estimate of drug-likeness (QED) is 0.811. The van der Waals surface area contributed by atoms with Crippen molar-refractivity contribution in [3.05, 3.63) is 34.3 Å². The summed E-state index contributed by atoms with van der Waals surface area (Å²) < 4.78 is 10.9. The zero-order valence-corrected chi connectivity index (χ0v) is 9.54. The highest BCUT2D eigenvalue weighted by Gasteiger charge is 2.16. The summed E-state index contributed by atoms with van der Waals surface area (Å²) in [6.07, 6.45) is 1.11. The number of halogens is 1. The summed E-state index contributed by atoms with van der Waals surface area (Å²) in [6, 6.07) is 7.28. The maximum Gasteiger partial charge on any atom is 0.0992 e. The van der Waals surface area contributed by atoms with Gasteiger partial charge in [0.2, 0.25) is 0 Å². The molecule has 0 bridgehead atoms. The molecule has 84 valence electrons. The monoisotopic (exact) mass is 237 g/mol. The summed E-state index contributed by atoms with van der Waals surface area (Å²) in [7, 11) is 0. The van der Waals surface area contributed by atoms with E-state index >= 15 is 0 Å². The molecule has 1 saturated heterocycles. The first-order valence-electron chi connectivity index (χ1n) is 5.17. The largest absolute Gasteiger partial charge is 0.379 e. The highest BCUT2D eigenvalue weighted by Crippen LogP contribution is 2.20. The molecule has 16 heavy (non-hydrogen) atoms. The molecule has 0 spiro atoms. The second-order valence-corrected chi connectivity index (χ2v) is 4.12. The van der Waals surface area contributed by atoms with Crippen molar-refractivity contribution in [3.8, 4) is 6.07 Å². The Kier molecular flexibility index (Phi) is 3.79. The molecule has 1 unspecified atom stereocenters. The fourth-order valence-electron chi connectivity index (χ4n) is 1.59. The van der Waals surface area contributed by atoms with E-state index in [4.69, 9.17) is 26.3 Å². The van der Waals surface area contributed by atoms with Crippen LogP contribution in [0.15, 0.2) is 18.2 Å². The number of ether oxygens (including phenoxy) is 2. The van der Waals surface area contributed by atoms with Crippen LogP contribution in [0.4, 0.5) is 0 Å². The van der Waals surface area contributed by atoms with Gasteiger partial charge in [-0.05, 0) is 24.1 Å². The van der Waals surface area contributed by atoms with Crippen LogP contribution in [0, 0.1) is 11.3 Å². The van der Waals surface area contributed by atoms with Crippen LogP contribution < -0.4 is 0 Å². The van der Waals surface area contributed by atoms with Gasteiger partial charge < -0.3 is 9.47 Å². The number of nitrogens with zero attached hydrogens (tertiary/aromatic N) is 1.